The molecule has 12 heavy (non-hydrogen) atoms. The molecule has 0 aromatic rings. The lowest BCUT2D eigenvalue weighted by Gasteiger charge is -2.14. The summed E-state index contributed by atoms with van der Waals surface area (Å²) in [6.45, 7) is -1.47. The van der Waals surface area contributed by atoms with Crippen LogP contribution in [0.4, 0.5) is 4.39 Å². The highest BCUT2D eigenvalue weighted by molar-refractivity contribution is 8.56. The number of nitrogens with one attached hydrogen (secondary N) is 1. The van der Waals surface area contributed by atoms with Gasteiger partial charge in [0.2, 0.25) is 0 Å². The number of hydrogen-bond acceptors (Lipinski definition) is 4. The van der Waals surface area contributed by atoms with E-state index in [0.717, 1.165) is 16.9 Å². The van der Waals surface area contributed by atoms with Crippen molar-refractivity contribution in [2.45, 2.75) is 6.92 Å². The van der Waals surface area contributed by atoms with Crippen LogP contribution in [0.5, 0.6) is 0 Å². The van der Waals surface area contributed by atoms with E-state index in [1.165, 1.54) is 0 Å². The summed E-state index contributed by atoms with van der Waals surface area (Å²) in [4.78, 5) is 0. The fraction of sp³-hybridized carbons (Fsp3) is 0.800. The van der Waals surface area contributed by atoms with E-state index in [0.29, 0.717) is 6.61 Å². The summed E-state index contributed by atoms with van der Waals surface area (Å²) in [6.07, 6.45) is 0. The monoisotopic (exact) mass is 231 g/mol. The maximum atomic E-state index is 11.7. The van der Waals surface area contributed by atoms with Crippen LogP contribution in [0.1, 0.15) is 6.92 Å². The van der Waals surface area contributed by atoms with Gasteiger partial charge in [-0.1, -0.05) is 12.2 Å². The largest absolute Gasteiger partial charge is 0.351 e. The second kappa shape index (κ2) is 6.83. The molecule has 0 aromatic carbocycles. The Morgan fingerprint density at radius 1 is 1.83 bits per heavy atom. The van der Waals surface area contributed by atoms with E-state index >= 15 is 0 Å². The van der Waals surface area contributed by atoms with Gasteiger partial charge >= 0.3 is 6.72 Å². The van der Waals surface area contributed by atoms with Crippen LogP contribution in [-0.2, 0) is 9.09 Å². The number of rotatable bonds is 7. The van der Waals surface area contributed by atoms with Crippen LogP contribution in [0.3, 0.4) is 0 Å². The predicted molar refractivity (Wildman–Crippen MR) is 54.5 cm³/mol. The Bertz CT molecular complexity index is 181. The zero-order valence-electron chi connectivity index (χ0n) is 6.66. The molecule has 1 unspecified atom stereocenters. The summed E-state index contributed by atoms with van der Waals surface area (Å²) in [5.74, 6) is 0.146. The molecular weight excluding hydrogens is 220 g/mol. The zero-order chi connectivity index (χ0) is 9.45. The third-order valence-corrected chi connectivity index (χ3v) is 5.06. The summed E-state index contributed by atoms with van der Waals surface area (Å²) < 4.78 is 28.2. The fourth-order valence-corrected chi connectivity index (χ4v) is 3.97. The molecule has 0 saturated heterocycles. The minimum Gasteiger partial charge on any atom is -0.306 e. The van der Waals surface area contributed by atoms with Crippen LogP contribution in [0.15, 0.2) is 0 Å². The van der Waals surface area contributed by atoms with Crippen molar-refractivity contribution in [3.8, 4) is 0 Å². The molecular formula is C5H11FNO2PS2. The molecule has 1 N–H and O–H groups in total. The van der Waals surface area contributed by atoms with E-state index in [-0.39, 0.29) is 5.75 Å². The van der Waals surface area contributed by atoms with Crippen LogP contribution in [0, 0.1) is 0 Å². The molecule has 0 aliphatic rings. The lowest BCUT2D eigenvalue weighted by Crippen LogP contribution is -2.07. The third-order valence-electron chi connectivity index (χ3n) is 0.848. The highest BCUT2D eigenvalue weighted by atomic mass is 32.7. The van der Waals surface area contributed by atoms with Crippen molar-refractivity contribution < 1.29 is 13.5 Å². The van der Waals surface area contributed by atoms with E-state index in [1.54, 1.807) is 6.92 Å². The van der Waals surface area contributed by atoms with E-state index in [1.807, 2.05) is 0 Å². The van der Waals surface area contributed by atoms with Gasteiger partial charge in [-0.25, -0.2) is 0 Å². The van der Waals surface area contributed by atoms with Gasteiger partial charge in [0.15, 0.2) is 0 Å². The van der Waals surface area contributed by atoms with Gasteiger partial charge in [-0.15, -0.1) is 0 Å². The maximum absolute atomic E-state index is 11.7. The summed E-state index contributed by atoms with van der Waals surface area (Å²) in [5.41, 5.74) is 1.13. The van der Waals surface area contributed by atoms with Crippen LogP contribution < -0.4 is 5.09 Å². The van der Waals surface area contributed by atoms with Crippen molar-refractivity contribution in [3.63, 3.8) is 0 Å². The first-order chi connectivity index (χ1) is 5.68. The van der Waals surface area contributed by atoms with Crippen molar-refractivity contribution in [3.05, 3.63) is 0 Å². The van der Waals surface area contributed by atoms with E-state index in [2.05, 4.69) is 17.3 Å². The smallest absolute Gasteiger partial charge is 0.306 e. The molecule has 0 aliphatic heterocycles. The molecule has 0 heterocycles. The Morgan fingerprint density at radius 2 is 2.50 bits per heavy atom. The van der Waals surface area contributed by atoms with Gasteiger partial charge < -0.3 is 9.61 Å². The molecule has 0 saturated carbocycles. The van der Waals surface area contributed by atoms with E-state index < -0.39 is 13.4 Å². The zero-order valence-corrected chi connectivity index (χ0v) is 9.18. The molecule has 0 aliphatic carbocycles. The lowest BCUT2D eigenvalue weighted by atomic mass is 10.9. The second-order valence-electron chi connectivity index (χ2n) is 1.68. The molecule has 0 spiro atoms. The molecule has 72 valence electrons. The van der Waals surface area contributed by atoms with Gasteiger partial charge in [-0.05, 0) is 18.3 Å². The van der Waals surface area contributed by atoms with Crippen molar-refractivity contribution >= 4 is 35.8 Å². The van der Waals surface area contributed by atoms with Crippen molar-refractivity contribution in [2.24, 2.45) is 0 Å². The van der Waals surface area contributed by atoms with Crippen molar-refractivity contribution in [1.82, 2.24) is 5.09 Å². The molecule has 0 rings (SSSR count). The Balaban J connectivity index is 3.98. The standard InChI is InChI=1S/C5H11FNO2PS2/c1-2-9-10(8,7-5-11)12-4-3-6/h5H,2-4H2,1H3,(H,7,8,11). The molecule has 7 heteroatoms. The van der Waals surface area contributed by atoms with Gasteiger partial charge in [0.25, 0.3) is 0 Å². The Morgan fingerprint density at radius 3 is 2.92 bits per heavy atom. The summed E-state index contributed by atoms with van der Waals surface area (Å²) in [7, 11) is 0. The minimum absolute atomic E-state index is 0.146. The Hall–Kier alpha value is 0.360. The van der Waals surface area contributed by atoms with Gasteiger partial charge in [0.05, 0.1) is 18.8 Å². The second-order valence-corrected chi connectivity index (χ2v) is 6.31. The first kappa shape index (κ1) is 12.4. The van der Waals surface area contributed by atoms with Crippen LogP contribution in [0.2, 0.25) is 0 Å². The summed E-state index contributed by atoms with van der Waals surface area (Å²) in [5, 5.41) is 2.41. The Labute approximate surface area is 80.7 Å². The number of alkyl halides is 1. The normalized spacial score (nSPS) is 15.2. The first-order valence-electron chi connectivity index (χ1n) is 3.35. The third kappa shape index (κ3) is 5.09. The maximum Gasteiger partial charge on any atom is 0.351 e. The molecule has 0 amide bonds. The highest BCUT2D eigenvalue weighted by Crippen LogP contribution is 2.55. The number of thiocarbonyl (C=S) groups is 1. The molecule has 1 atom stereocenters. The van der Waals surface area contributed by atoms with Crippen LogP contribution >= 0.6 is 30.3 Å². The van der Waals surface area contributed by atoms with Gasteiger partial charge in [0, 0.05) is 5.75 Å². The van der Waals surface area contributed by atoms with Crippen molar-refractivity contribution in [1.29, 1.82) is 0 Å². The Kier molecular flexibility index (Phi) is 7.04. The van der Waals surface area contributed by atoms with E-state index in [9.17, 15) is 8.96 Å². The minimum atomic E-state index is -2.97. The quantitative estimate of drug-likeness (QED) is 0.538. The summed E-state index contributed by atoms with van der Waals surface area (Å²) >= 11 is 5.39. The number of hydrogen-bond donors (Lipinski definition) is 1. The van der Waals surface area contributed by atoms with Crippen molar-refractivity contribution in [2.75, 3.05) is 19.0 Å². The average Bonchev–Trinajstić information content (AvgIpc) is 2.02. The van der Waals surface area contributed by atoms with Gasteiger partial charge in [-0.2, -0.15) is 0 Å². The van der Waals surface area contributed by atoms with Crippen LogP contribution in [0.25, 0.3) is 0 Å². The topological polar surface area (TPSA) is 38.3 Å². The molecule has 0 bridgehead atoms. The molecule has 3 nitrogen and oxygen atoms in total. The molecule has 0 fully saturated rings. The van der Waals surface area contributed by atoms with Crippen LogP contribution in [-0.4, -0.2) is 24.5 Å². The highest BCUT2D eigenvalue weighted by Gasteiger charge is 2.21. The first-order valence-corrected chi connectivity index (χ1v) is 7.03. The fourth-order valence-electron chi connectivity index (χ4n) is 0.501. The number of halogens is 1. The van der Waals surface area contributed by atoms with Gasteiger partial charge in [-0.3, -0.25) is 8.96 Å². The SMILES string of the molecule is CCOP(=O)(NC=S)SCCF. The predicted octanol–water partition coefficient (Wildman–Crippen LogP) is 2.38. The lowest BCUT2D eigenvalue weighted by molar-refractivity contribution is 0.343. The van der Waals surface area contributed by atoms with E-state index in [4.69, 9.17) is 4.52 Å². The average molecular weight is 231 g/mol. The summed E-state index contributed by atoms with van der Waals surface area (Å²) in [6, 6.07) is 0. The van der Waals surface area contributed by atoms with Gasteiger partial charge in [0.1, 0.15) is 0 Å². The molecule has 0 aromatic heterocycles. The molecule has 0 radical (unpaired) electrons.